The van der Waals surface area contributed by atoms with Crippen molar-refractivity contribution in [2.45, 2.75) is 19.9 Å². The number of amides is 1. The van der Waals surface area contributed by atoms with Crippen molar-refractivity contribution in [3.63, 3.8) is 0 Å². The van der Waals surface area contributed by atoms with Gasteiger partial charge in [-0.05, 0) is 32.0 Å². The van der Waals surface area contributed by atoms with E-state index >= 15 is 0 Å². The number of aromatic nitrogens is 3. The molecule has 0 saturated heterocycles. The van der Waals surface area contributed by atoms with Crippen molar-refractivity contribution in [3.8, 4) is 0 Å². The van der Waals surface area contributed by atoms with Gasteiger partial charge in [-0.1, -0.05) is 12.1 Å². The van der Waals surface area contributed by atoms with E-state index in [4.69, 9.17) is 5.73 Å². The molecule has 0 aliphatic rings. The van der Waals surface area contributed by atoms with Gasteiger partial charge < -0.3 is 15.3 Å². The lowest BCUT2D eigenvalue weighted by molar-refractivity contribution is 0.101. The van der Waals surface area contributed by atoms with Crippen LogP contribution in [0, 0.1) is 0 Å². The van der Waals surface area contributed by atoms with Crippen molar-refractivity contribution in [1.29, 1.82) is 0 Å². The summed E-state index contributed by atoms with van der Waals surface area (Å²) in [5.74, 6) is 0.190. The molecule has 3 aromatic rings. The molecule has 2 heterocycles. The molecule has 108 valence electrons. The maximum Gasteiger partial charge on any atom is 0.274 e. The second-order valence-electron chi connectivity index (χ2n) is 5.22. The Morgan fingerprint density at radius 2 is 2.14 bits per heavy atom. The van der Waals surface area contributed by atoms with Gasteiger partial charge in [-0.15, -0.1) is 0 Å². The topological polar surface area (TPSA) is 88.7 Å². The summed E-state index contributed by atoms with van der Waals surface area (Å²) in [6.07, 6.45) is 1.76. The highest BCUT2D eigenvalue weighted by Crippen LogP contribution is 2.18. The van der Waals surface area contributed by atoms with Crippen LogP contribution in [0.2, 0.25) is 0 Å². The Morgan fingerprint density at radius 3 is 2.86 bits per heavy atom. The molecule has 0 atom stereocenters. The Kier molecular flexibility index (Phi) is 3.13. The molecule has 0 aliphatic carbocycles. The van der Waals surface area contributed by atoms with Gasteiger partial charge in [0.05, 0.1) is 16.7 Å². The quantitative estimate of drug-likeness (QED) is 0.690. The first kappa shape index (κ1) is 13.2. The zero-order valence-corrected chi connectivity index (χ0v) is 11.9. The van der Waals surface area contributed by atoms with E-state index in [1.54, 1.807) is 12.3 Å². The fraction of sp³-hybridized carbons (Fsp3) is 0.200. The van der Waals surface area contributed by atoms with Crippen LogP contribution in [0.5, 0.6) is 0 Å². The summed E-state index contributed by atoms with van der Waals surface area (Å²) in [5, 5.41) is 2.77. The minimum absolute atomic E-state index is 0.152. The second kappa shape index (κ2) is 4.97. The number of fused-ring (bicyclic) bond motifs is 1. The summed E-state index contributed by atoms with van der Waals surface area (Å²) >= 11 is 0. The fourth-order valence-corrected chi connectivity index (χ4v) is 2.29. The number of anilines is 2. The van der Waals surface area contributed by atoms with Crippen LogP contribution in [0.15, 0.2) is 36.5 Å². The molecule has 4 N–H and O–H groups in total. The third kappa shape index (κ3) is 2.47. The number of carbonyl (C=O) groups excluding carboxylic acids is 1. The van der Waals surface area contributed by atoms with Crippen LogP contribution in [-0.4, -0.2) is 20.4 Å². The van der Waals surface area contributed by atoms with Gasteiger partial charge in [0.1, 0.15) is 5.69 Å². The first-order valence-electron chi connectivity index (χ1n) is 6.78. The first-order chi connectivity index (χ1) is 10.0. The summed E-state index contributed by atoms with van der Waals surface area (Å²) in [5.41, 5.74) is 8.56. The third-order valence-electron chi connectivity index (χ3n) is 3.28. The minimum Gasteiger partial charge on any atom is -0.397 e. The lowest BCUT2D eigenvalue weighted by Gasteiger charge is -2.11. The number of nitrogens with zero attached hydrogens (tertiary/aromatic N) is 2. The van der Waals surface area contributed by atoms with E-state index in [-0.39, 0.29) is 11.9 Å². The SMILES string of the molecule is CC(C)n1cc(N)cc1C(=O)Nc1nc2ccccc2[nH]1. The Balaban J connectivity index is 1.89. The maximum atomic E-state index is 12.4. The van der Waals surface area contributed by atoms with Gasteiger partial charge >= 0.3 is 0 Å². The zero-order chi connectivity index (χ0) is 15.0. The monoisotopic (exact) mass is 283 g/mol. The fourth-order valence-electron chi connectivity index (χ4n) is 2.29. The molecule has 1 amide bonds. The molecule has 21 heavy (non-hydrogen) atoms. The van der Waals surface area contributed by atoms with Gasteiger partial charge in [0.2, 0.25) is 5.95 Å². The molecule has 6 nitrogen and oxygen atoms in total. The molecule has 0 unspecified atom stereocenters. The smallest absolute Gasteiger partial charge is 0.274 e. The number of nitrogens with one attached hydrogen (secondary N) is 2. The van der Waals surface area contributed by atoms with Crippen LogP contribution < -0.4 is 11.1 Å². The molecule has 0 aliphatic heterocycles. The highest BCUT2D eigenvalue weighted by atomic mass is 16.2. The summed E-state index contributed by atoms with van der Waals surface area (Å²) < 4.78 is 1.84. The van der Waals surface area contributed by atoms with Crippen molar-refractivity contribution >= 4 is 28.6 Å². The van der Waals surface area contributed by atoms with Crippen LogP contribution in [0.25, 0.3) is 11.0 Å². The van der Waals surface area contributed by atoms with Crippen LogP contribution in [0.4, 0.5) is 11.6 Å². The average Bonchev–Trinajstić information content (AvgIpc) is 3.01. The molecule has 0 bridgehead atoms. The maximum absolute atomic E-state index is 12.4. The molecule has 1 aromatic carbocycles. The number of nitrogens with two attached hydrogens (primary N) is 1. The van der Waals surface area contributed by atoms with Crippen LogP contribution in [-0.2, 0) is 0 Å². The average molecular weight is 283 g/mol. The number of H-pyrrole nitrogens is 1. The molecule has 3 rings (SSSR count). The Labute approximate surface area is 122 Å². The van der Waals surface area contributed by atoms with Gasteiger partial charge in [0.25, 0.3) is 5.91 Å². The van der Waals surface area contributed by atoms with E-state index in [0.717, 1.165) is 11.0 Å². The number of rotatable bonds is 3. The molecule has 0 fully saturated rings. The molecule has 2 aromatic heterocycles. The molecule has 0 saturated carbocycles. The summed E-state index contributed by atoms with van der Waals surface area (Å²) in [6, 6.07) is 9.43. The van der Waals surface area contributed by atoms with Gasteiger partial charge in [-0.2, -0.15) is 0 Å². The molecular formula is C15H17N5O. The largest absolute Gasteiger partial charge is 0.397 e. The normalized spacial score (nSPS) is 11.2. The molecule has 0 spiro atoms. The first-order valence-corrected chi connectivity index (χ1v) is 6.78. The number of para-hydroxylation sites is 2. The number of hydrogen-bond donors (Lipinski definition) is 3. The Morgan fingerprint density at radius 1 is 1.38 bits per heavy atom. The molecule has 6 heteroatoms. The van der Waals surface area contributed by atoms with Crippen molar-refractivity contribution in [2.24, 2.45) is 0 Å². The van der Waals surface area contributed by atoms with Crippen molar-refractivity contribution in [3.05, 3.63) is 42.2 Å². The lowest BCUT2D eigenvalue weighted by atomic mass is 10.3. The number of carbonyl (C=O) groups is 1. The minimum atomic E-state index is -0.237. The second-order valence-corrected chi connectivity index (χ2v) is 5.22. The van der Waals surface area contributed by atoms with Crippen molar-refractivity contribution < 1.29 is 4.79 Å². The number of benzene rings is 1. The molecule has 0 radical (unpaired) electrons. The van der Waals surface area contributed by atoms with E-state index in [2.05, 4.69) is 15.3 Å². The predicted octanol–water partition coefficient (Wildman–Crippen LogP) is 2.78. The van der Waals surface area contributed by atoms with Crippen LogP contribution in [0.3, 0.4) is 0 Å². The van der Waals surface area contributed by atoms with Gasteiger partial charge in [0, 0.05) is 12.2 Å². The van der Waals surface area contributed by atoms with Crippen molar-refractivity contribution in [1.82, 2.24) is 14.5 Å². The van der Waals surface area contributed by atoms with Gasteiger partial charge in [0.15, 0.2) is 0 Å². The van der Waals surface area contributed by atoms with E-state index in [1.165, 1.54) is 0 Å². The highest BCUT2D eigenvalue weighted by Gasteiger charge is 2.16. The Hall–Kier alpha value is -2.76. The van der Waals surface area contributed by atoms with E-state index in [1.807, 2.05) is 42.7 Å². The van der Waals surface area contributed by atoms with E-state index in [9.17, 15) is 4.79 Å². The number of aromatic amines is 1. The summed E-state index contributed by atoms with van der Waals surface area (Å²) in [4.78, 5) is 19.8. The van der Waals surface area contributed by atoms with Crippen LogP contribution in [0.1, 0.15) is 30.4 Å². The van der Waals surface area contributed by atoms with Gasteiger partial charge in [-0.3, -0.25) is 10.1 Å². The van der Waals surface area contributed by atoms with E-state index < -0.39 is 0 Å². The van der Waals surface area contributed by atoms with Crippen LogP contribution >= 0.6 is 0 Å². The summed E-state index contributed by atoms with van der Waals surface area (Å²) in [7, 11) is 0. The number of hydrogen-bond acceptors (Lipinski definition) is 3. The van der Waals surface area contributed by atoms with Crippen molar-refractivity contribution in [2.75, 3.05) is 11.1 Å². The Bertz CT molecular complexity index is 766. The lowest BCUT2D eigenvalue weighted by Crippen LogP contribution is -2.18. The standard InChI is InChI=1S/C15H17N5O/c1-9(2)20-8-10(16)7-13(20)14(21)19-15-17-11-5-3-4-6-12(11)18-15/h3-9H,16H2,1-2H3,(H2,17,18,19,21). The predicted molar refractivity (Wildman–Crippen MR) is 83.3 cm³/mol. The summed E-state index contributed by atoms with van der Waals surface area (Å²) in [6.45, 7) is 3.99. The van der Waals surface area contributed by atoms with E-state index in [0.29, 0.717) is 17.3 Å². The zero-order valence-electron chi connectivity index (χ0n) is 11.9. The molecular weight excluding hydrogens is 266 g/mol. The van der Waals surface area contributed by atoms with Gasteiger partial charge in [-0.25, -0.2) is 4.98 Å². The number of imidazole rings is 1. The highest BCUT2D eigenvalue weighted by molar-refractivity contribution is 6.03. The third-order valence-corrected chi connectivity index (χ3v) is 3.28. The number of nitrogen functional groups attached to an aromatic ring is 1.